The SMILES string of the molecule is C=C/C=C(\C/C=C\C)C(SCC)(c1ccccc1)C1C=C/C=C\C/C=C\1.CC. The first kappa shape index (κ1) is 24.0. The lowest BCUT2D eigenvalue weighted by molar-refractivity contribution is 0.600. The zero-order valence-electron chi connectivity index (χ0n) is 18.0. The van der Waals surface area contributed by atoms with Crippen LogP contribution < -0.4 is 0 Å². The van der Waals surface area contributed by atoms with E-state index in [0.29, 0.717) is 0 Å². The van der Waals surface area contributed by atoms with E-state index in [1.54, 1.807) is 0 Å². The van der Waals surface area contributed by atoms with E-state index < -0.39 is 0 Å². The number of allylic oxidation sites excluding steroid dienone is 10. The highest BCUT2D eigenvalue weighted by atomic mass is 32.2. The second kappa shape index (κ2) is 14.1. The first-order valence-corrected chi connectivity index (χ1v) is 11.4. The Hall–Kier alpha value is -1.99. The van der Waals surface area contributed by atoms with Gasteiger partial charge in [-0.05, 0) is 36.7 Å². The topological polar surface area (TPSA) is 0 Å². The van der Waals surface area contributed by atoms with Crippen molar-refractivity contribution in [1.82, 2.24) is 0 Å². The second-order valence-corrected chi connectivity index (χ2v) is 7.75. The van der Waals surface area contributed by atoms with Gasteiger partial charge in [-0.3, -0.25) is 0 Å². The Balaban J connectivity index is 0.00000190. The summed E-state index contributed by atoms with van der Waals surface area (Å²) in [6, 6.07) is 10.9. The number of benzene rings is 1. The number of thioether (sulfide) groups is 1. The van der Waals surface area contributed by atoms with Crippen LogP contribution in [0.4, 0.5) is 0 Å². The summed E-state index contributed by atoms with van der Waals surface area (Å²) in [5.41, 5.74) is 2.75. The Bertz CT molecular complexity index is 703. The summed E-state index contributed by atoms with van der Waals surface area (Å²) < 4.78 is -0.137. The van der Waals surface area contributed by atoms with Gasteiger partial charge in [0.1, 0.15) is 0 Å². The molecule has 0 amide bonds. The summed E-state index contributed by atoms with van der Waals surface area (Å²) in [6.45, 7) is 12.3. The van der Waals surface area contributed by atoms with Crippen molar-refractivity contribution >= 4 is 11.8 Å². The third-order valence-corrected chi connectivity index (χ3v) is 6.11. The first-order chi connectivity index (χ1) is 13.8. The highest BCUT2D eigenvalue weighted by Crippen LogP contribution is 2.51. The minimum absolute atomic E-state index is 0.137. The molecule has 0 saturated heterocycles. The summed E-state index contributed by atoms with van der Waals surface area (Å²) in [6.07, 6.45) is 24.0. The van der Waals surface area contributed by atoms with Crippen LogP contribution in [0.15, 0.2) is 103 Å². The molecule has 0 nitrogen and oxygen atoms in total. The molecule has 0 aliphatic heterocycles. The lowest BCUT2D eigenvalue weighted by atomic mass is 9.77. The minimum atomic E-state index is -0.137. The average Bonchev–Trinajstić information content (AvgIpc) is 2.72. The van der Waals surface area contributed by atoms with Gasteiger partial charge >= 0.3 is 0 Å². The van der Waals surface area contributed by atoms with Gasteiger partial charge in [-0.1, -0.05) is 118 Å². The maximum atomic E-state index is 4.00. The monoisotopic (exact) mass is 392 g/mol. The summed E-state index contributed by atoms with van der Waals surface area (Å²) in [7, 11) is 0. The third-order valence-electron chi connectivity index (χ3n) is 4.59. The Morgan fingerprint density at radius 1 is 1.14 bits per heavy atom. The lowest BCUT2D eigenvalue weighted by Crippen LogP contribution is -2.33. The first-order valence-electron chi connectivity index (χ1n) is 10.4. The molecule has 1 aliphatic rings. The van der Waals surface area contributed by atoms with Crippen molar-refractivity contribution in [2.75, 3.05) is 5.75 Å². The van der Waals surface area contributed by atoms with Gasteiger partial charge in [0.05, 0.1) is 4.75 Å². The molecule has 0 radical (unpaired) electrons. The second-order valence-electron chi connectivity index (χ2n) is 6.24. The predicted octanol–water partition coefficient (Wildman–Crippen LogP) is 8.43. The van der Waals surface area contributed by atoms with E-state index in [-0.39, 0.29) is 10.7 Å². The maximum absolute atomic E-state index is 4.00. The van der Waals surface area contributed by atoms with Crippen molar-refractivity contribution in [2.24, 2.45) is 5.92 Å². The number of hydrogen-bond donors (Lipinski definition) is 0. The molecular weight excluding hydrogens is 356 g/mol. The third kappa shape index (κ3) is 6.27. The molecule has 0 N–H and O–H groups in total. The van der Waals surface area contributed by atoms with E-state index in [2.05, 4.69) is 105 Å². The Morgan fingerprint density at radius 2 is 1.89 bits per heavy atom. The highest BCUT2D eigenvalue weighted by molar-refractivity contribution is 8.00. The molecule has 0 bridgehead atoms. The van der Waals surface area contributed by atoms with Crippen molar-refractivity contribution in [3.05, 3.63) is 109 Å². The molecule has 2 atom stereocenters. The van der Waals surface area contributed by atoms with Crippen molar-refractivity contribution in [2.45, 2.75) is 45.3 Å². The van der Waals surface area contributed by atoms with Crippen LogP contribution in [-0.2, 0) is 4.75 Å². The molecule has 0 spiro atoms. The Kier molecular flexibility index (Phi) is 12.1. The van der Waals surface area contributed by atoms with Crippen LogP contribution in [0.2, 0.25) is 0 Å². The van der Waals surface area contributed by atoms with Gasteiger partial charge in [0.15, 0.2) is 0 Å². The largest absolute Gasteiger partial charge is 0.145 e. The Labute approximate surface area is 177 Å². The molecule has 2 unspecified atom stereocenters. The molecule has 0 saturated carbocycles. The highest BCUT2D eigenvalue weighted by Gasteiger charge is 2.40. The van der Waals surface area contributed by atoms with Crippen molar-refractivity contribution in [1.29, 1.82) is 0 Å². The quantitative estimate of drug-likeness (QED) is 0.316. The van der Waals surface area contributed by atoms with Gasteiger partial charge in [0.25, 0.3) is 0 Å². The van der Waals surface area contributed by atoms with Gasteiger partial charge < -0.3 is 0 Å². The summed E-state index contributed by atoms with van der Waals surface area (Å²) in [5, 5.41) is 0. The van der Waals surface area contributed by atoms with Crippen molar-refractivity contribution in [3.63, 3.8) is 0 Å². The van der Waals surface area contributed by atoms with E-state index in [1.165, 1.54) is 11.1 Å². The van der Waals surface area contributed by atoms with E-state index in [9.17, 15) is 0 Å². The minimum Gasteiger partial charge on any atom is -0.145 e. The Morgan fingerprint density at radius 3 is 2.54 bits per heavy atom. The van der Waals surface area contributed by atoms with Crippen LogP contribution in [0.1, 0.15) is 46.1 Å². The number of rotatable bonds is 8. The van der Waals surface area contributed by atoms with Crippen LogP contribution in [0, 0.1) is 5.92 Å². The van der Waals surface area contributed by atoms with Gasteiger partial charge in [-0.15, -0.1) is 11.8 Å². The molecule has 2 rings (SSSR count). The predicted molar refractivity (Wildman–Crippen MR) is 131 cm³/mol. The molecule has 0 heterocycles. The fourth-order valence-corrected chi connectivity index (χ4v) is 4.93. The van der Waals surface area contributed by atoms with Crippen LogP contribution in [0.5, 0.6) is 0 Å². The molecule has 0 aromatic heterocycles. The normalized spacial score (nSPS) is 21.0. The average molecular weight is 393 g/mol. The molecule has 1 aliphatic carbocycles. The molecule has 1 heteroatoms. The van der Waals surface area contributed by atoms with E-state index in [4.69, 9.17) is 0 Å². The summed E-state index contributed by atoms with van der Waals surface area (Å²) >= 11 is 2.02. The van der Waals surface area contributed by atoms with Gasteiger partial charge in [0, 0.05) is 5.92 Å². The standard InChI is InChI=1S/C25H30S.C2H6/c1-4-7-17-22(16-5-2)25(26-6-3,24-20-14-11-15-21-24)23-18-12-9-8-10-13-19-23;1-2/h4-5,7-9,11-16,18-21,23H,2,6,10,17H2,1,3H3;1-2H3/b7-4-,9-8-,18-12?,19-13-,22-16+;. The lowest BCUT2D eigenvalue weighted by Gasteiger charge is -2.41. The van der Waals surface area contributed by atoms with E-state index >= 15 is 0 Å². The molecule has 0 fully saturated rings. The van der Waals surface area contributed by atoms with Gasteiger partial charge in [-0.2, -0.15) is 0 Å². The molecule has 1 aromatic carbocycles. The van der Waals surface area contributed by atoms with Crippen molar-refractivity contribution in [3.8, 4) is 0 Å². The van der Waals surface area contributed by atoms with Crippen LogP contribution >= 0.6 is 11.8 Å². The van der Waals surface area contributed by atoms with Crippen molar-refractivity contribution < 1.29 is 0 Å². The fraction of sp³-hybridized carbons (Fsp3) is 0.333. The van der Waals surface area contributed by atoms with Crippen LogP contribution in [0.3, 0.4) is 0 Å². The molecule has 28 heavy (non-hydrogen) atoms. The maximum Gasteiger partial charge on any atom is 0.0720 e. The van der Waals surface area contributed by atoms with E-state index in [0.717, 1.165) is 18.6 Å². The zero-order chi connectivity index (χ0) is 20.7. The van der Waals surface area contributed by atoms with E-state index in [1.807, 2.05) is 31.7 Å². The summed E-state index contributed by atoms with van der Waals surface area (Å²) in [4.78, 5) is 0. The molecule has 150 valence electrons. The summed E-state index contributed by atoms with van der Waals surface area (Å²) in [5.74, 6) is 1.34. The van der Waals surface area contributed by atoms with Crippen LogP contribution in [-0.4, -0.2) is 5.75 Å². The number of hydrogen-bond acceptors (Lipinski definition) is 1. The van der Waals surface area contributed by atoms with Gasteiger partial charge in [-0.25, -0.2) is 0 Å². The fourth-order valence-electron chi connectivity index (χ4n) is 3.49. The molecule has 1 aromatic rings. The van der Waals surface area contributed by atoms with Crippen LogP contribution in [0.25, 0.3) is 0 Å². The molecular formula is C27H36S. The zero-order valence-corrected chi connectivity index (χ0v) is 18.8. The van der Waals surface area contributed by atoms with Gasteiger partial charge in [0.2, 0.25) is 0 Å². The smallest absolute Gasteiger partial charge is 0.0720 e.